The molecule has 22 heavy (non-hydrogen) atoms. The van der Waals surface area contributed by atoms with Gasteiger partial charge in [0, 0.05) is 12.2 Å². The number of hydrogen-bond donors (Lipinski definition) is 1. The maximum absolute atomic E-state index is 5.64. The molecule has 1 aliphatic rings. The number of aromatic nitrogens is 3. The number of ether oxygens (including phenoxy) is 3. The Balaban J connectivity index is 1.85. The van der Waals surface area contributed by atoms with E-state index in [1.165, 1.54) is 0 Å². The van der Waals surface area contributed by atoms with Crippen molar-refractivity contribution in [2.45, 2.75) is 32.8 Å². The molecule has 1 aromatic heterocycles. The largest absolute Gasteiger partial charge is 0.490 e. The quantitative estimate of drug-likeness (QED) is 0.888. The predicted molar refractivity (Wildman–Crippen MR) is 82.1 cm³/mol. The summed E-state index contributed by atoms with van der Waals surface area (Å²) in [4.78, 5) is 4.55. The molecule has 1 aromatic carbocycles. The van der Waals surface area contributed by atoms with Gasteiger partial charge in [0.15, 0.2) is 23.1 Å². The van der Waals surface area contributed by atoms with Gasteiger partial charge in [-0.1, -0.05) is 0 Å². The lowest BCUT2D eigenvalue weighted by atomic mass is 10.2. The van der Waals surface area contributed by atoms with Crippen LogP contribution in [0.4, 0.5) is 0 Å². The fraction of sp³-hybridized carbons (Fsp3) is 0.500. The summed E-state index contributed by atoms with van der Waals surface area (Å²) >= 11 is 0. The minimum Gasteiger partial charge on any atom is -0.490 e. The van der Waals surface area contributed by atoms with Gasteiger partial charge in [-0.3, -0.25) is 5.10 Å². The first-order valence-electron chi connectivity index (χ1n) is 7.75. The first kappa shape index (κ1) is 14.8. The van der Waals surface area contributed by atoms with Crippen molar-refractivity contribution in [3.05, 3.63) is 24.0 Å². The first-order valence-corrected chi connectivity index (χ1v) is 7.75. The number of H-pyrrole nitrogens is 1. The molecule has 1 fully saturated rings. The molecule has 0 unspecified atom stereocenters. The zero-order valence-electron chi connectivity index (χ0n) is 13.0. The van der Waals surface area contributed by atoms with E-state index in [4.69, 9.17) is 14.2 Å². The minimum absolute atomic E-state index is 0.0373. The third-order valence-corrected chi connectivity index (χ3v) is 3.54. The standard InChI is InChI=1S/C16H21N3O3/c1-3-20-12-8-7-11(10-14(12)21-4-2)15-17-16(19-18-15)13-6-5-9-22-13/h7-8,10,13H,3-6,9H2,1-2H3,(H,17,18,19)/t13-/m1/s1. The van der Waals surface area contributed by atoms with Gasteiger partial charge in [-0.05, 0) is 44.9 Å². The minimum atomic E-state index is 0.0373. The lowest BCUT2D eigenvalue weighted by Gasteiger charge is -2.11. The van der Waals surface area contributed by atoms with E-state index in [1.807, 2.05) is 32.0 Å². The highest BCUT2D eigenvalue weighted by Gasteiger charge is 2.22. The maximum atomic E-state index is 5.64. The fourth-order valence-corrected chi connectivity index (χ4v) is 2.53. The summed E-state index contributed by atoms with van der Waals surface area (Å²) in [5.41, 5.74) is 0.896. The number of aromatic amines is 1. The SMILES string of the molecule is CCOc1ccc(-c2n[nH]c([C@H]3CCCO3)n2)cc1OCC. The summed E-state index contributed by atoms with van der Waals surface area (Å²) in [6.07, 6.45) is 2.09. The van der Waals surface area contributed by atoms with Crippen molar-refractivity contribution in [2.75, 3.05) is 19.8 Å². The molecule has 2 heterocycles. The Bertz CT molecular complexity index is 621. The third kappa shape index (κ3) is 3.06. The van der Waals surface area contributed by atoms with E-state index in [1.54, 1.807) is 0 Å². The van der Waals surface area contributed by atoms with E-state index in [0.717, 1.165) is 36.6 Å². The zero-order valence-corrected chi connectivity index (χ0v) is 13.0. The Morgan fingerprint density at radius 2 is 2.05 bits per heavy atom. The van der Waals surface area contributed by atoms with Crippen molar-refractivity contribution in [3.8, 4) is 22.9 Å². The van der Waals surface area contributed by atoms with Crippen LogP contribution in [-0.2, 0) is 4.74 Å². The fourth-order valence-electron chi connectivity index (χ4n) is 2.53. The van der Waals surface area contributed by atoms with Crippen LogP contribution >= 0.6 is 0 Å². The van der Waals surface area contributed by atoms with Crippen molar-refractivity contribution >= 4 is 0 Å². The van der Waals surface area contributed by atoms with Gasteiger partial charge in [0.2, 0.25) is 0 Å². The Labute approximate surface area is 129 Å². The highest BCUT2D eigenvalue weighted by molar-refractivity contribution is 5.60. The summed E-state index contributed by atoms with van der Waals surface area (Å²) in [7, 11) is 0. The van der Waals surface area contributed by atoms with E-state index in [2.05, 4.69) is 15.2 Å². The van der Waals surface area contributed by atoms with Crippen LogP contribution < -0.4 is 9.47 Å². The van der Waals surface area contributed by atoms with Crippen LogP contribution in [0.1, 0.15) is 38.6 Å². The van der Waals surface area contributed by atoms with Crippen LogP contribution in [0.5, 0.6) is 11.5 Å². The molecule has 1 saturated heterocycles. The van der Waals surface area contributed by atoms with Crippen molar-refractivity contribution in [1.29, 1.82) is 0 Å². The summed E-state index contributed by atoms with van der Waals surface area (Å²) < 4.78 is 16.8. The smallest absolute Gasteiger partial charge is 0.181 e. The molecule has 6 heteroatoms. The van der Waals surface area contributed by atoms with Crippen LogP contribution in [-0.4, -0.2) is 35.0 Å². The van der Waals surface area contributed by atoms with Crippen LogP contribution in [0.2, 0.25) is 0 Å². The number of benzene rings is 1. The van der Waals surface area contributed by atoms with Gasteiger partial charge >= 0.3 is 0 Å². The highest BCUT2D eigenvalue weighted by atomic mass is 16.5. The molecular weight excluding hydrogens is 282 g/mol. The summed E-state index contributed by atoms with van der Waals surface area (Å²) in [5.74, 6) is 2.89. The average Bonchev–Trinajstić information content (AvgIpc) is 3.20. The van der Waals surface area contributed by atoms with Crippen molar-refractivity contribution in [1.82, 2.24) is 15.2 Å². The van der Waals surface area contributed by atoms with Crippen LogP contribution in [0.25, 0.3) is 11.4 Å². The number of hydrogen-bond acceptors (Lipinski definition) is 5. The van der Waals surface area contributed by atoms with Gasteiger partial charge in [0.25, 0.3) is 0 Å². The lowest BCUT2D eigenvalue weighted by Crippen LogP contribution is -1.99. The molecule has 1 N–H and O–H groups in total. The van der Waals surface area contributed by atoms with Crippen molar-refractivity contribution < 1.29 is 14.2 Å². The van der Waals surface area contributed by atoms with Crippen LogP contribution in [0, 0.1) is 0 Å². The van der Waals surface area contributed by atoms with E-state index < -0.39 is 0 Å². The summed E-state index contributed by atoms with van der Waals surface area (Å²) in [6, 6.07) is 5.75. The second-order valence-corrected chi connectivity index (χ2v) is 5.07. The van der Waals surface area contributed by atoms with E-state index in [0.29, 0.717) is 24.8 Å². The van der Waals surface area contributed by atoms with Gasteiger partial charge in [0.1, 0.15) is 6.10 Å². The molecule has 1 aliphatic heterocycles. The summed E-state index contributed by atoms with van der Waals surface area (Å²) in [5, 5.41) is 7.27. The van der Waals surface area contributed by atoms with Crippen LogP contribution in [0.3, 0.4) is 0 Å². The zero-order chi connectivity index (χ0) is 15.4. The first-order chi connectivity index (χ1) is 10.8. The number of nitrogens with one attached hydrogen (secondary N) is 1. The second kappa shape index (κ2) is 6.79. The molecule has 0 aliphatic carbocycles. The van der Waals surface area contributed by atoms with E-state index in [9.17, 15) is 0 Å². The average molecular weight is 303 g/mol. The summed E-state index contributed by atoms with van der Waals surface area (Å²) in [6.45, 7) is 5.87. The van der Waals surface area contributed by atoms with Gasteiger partial charge in [-0.25, -0.2) is 4.98 Å². The van der Waals surface area contributed by atoms with Gasteiger partial charge < -0.3 is 14.2 Å². The molecule has 2 aromatic rings. The molecular formula is C16H21N3O3. The Morgan fingerprint density at radius 3 is 2.77 bits per heavy atom. The molecule has 1 atom stereocenters. The molecule has 0 bridgehead atoms. The number of rotatable bonds is 6. The van der Waals surface area contributed by atoms with Crippen LogP contribution in [0.15, 0.2) is 18.2 Å². The topological polar surface area (TPSA) is 69.3 Å². The van der Waals surface area contributed by atoms with Gasteiger partial charge in [0.05, 0.1) is 13.2 Å². The molecule has 6 nitrogen and oxygen atoms in total. The third-order valence-electron chi connectivity index (χ3n) is 3.54. The highest BCUT2D eigenvalue weighted by Crippen LogP contribution is 2.33. The predicted octanol–water partition coefficient (Wildman–Crippen LogP) is 3.12. The molecule has 0 saturated carbocycles. The van der Waals surface area contributed by atoms with E-state index in [-0.39, 0.29) is 6.10 Å². The number of nitrogens with zero attached hydrogens (tertiary/aromatic N) is 2. The lowest BCUT2D eigenvalue weighted by molar-refractivity contribution is 0.105. The van der Waals surface area contributed by atoms with Gasteiger partial charge in [-0.2, -0.15) is 5.10 Å². The van der Waals surface area contributed by atoms with E-state index >= 15 is 0 Å². The molecule has 118 valence electrons. The normalized spacial score (nSPS) is 17.6. The molecule has 0 radical (unpaired) electrons. The van der Waals surface area contributed by atoms with Gasteiger partial charge in [-0.15, -0.1) is 0 Å². The monoisotopic (exact) mass is 303 g/mol. The molecule has 0 spiro atoms. The molecule has 0 amide bonds. The maximum Gasteiger partial charge on any atom is 0.181 e. The Morgan fingerprint density at radius 1 is 1.23 bits per heavy atom. The van der Waals surface area contributed by atoms with Crippen molar-refractivity contribution in [2.24, 2.45) is 0 Å². The Kier molecular flexibility index (Phi) is 4.58. The second-order valence-electron chi connectivity index (χ2n) is 5.07. The Hall–Kier alpha value is -2.08. The van der Waals surface area contributed by atoms with Crippen molar-refractivity contribution in [3.63, 3.8) is 0 Å². The molecule has 3 rings (SSSR count).